The van der Waals surface area contributed by atoms with Crippen LogP contribution in [0.5, 0.6) is 5.75 Å². The largest absolute Gasteiger partial charge is 0.489 e. The second kappa shape index (κ2) is 11.2. The predicted molar refractivity (Wildman–Crippen MR) is 145 cm³/mol. The molecule has 0 bridgehead atoms. The lowest BCUT2D eigenvalue weighted by Gasteiger charge is -2.11. The van der Waals surface area contributed by atoms with Gasteiger partial charge in [-0.3, -0.25) is 0 Å². The molecule has 0 saturated heterocycles. The molecule has 4 aromatic rings. The Labute approximate surface area is 217 Å². The van der Waals surface area contributed by atoms with Gasteiger partial charge in [0.05, 0.1) is 6.21 Å². The highest BCUT2D eigenvalue weighted by atomic mass is 79.9. The Morgan fingerprint density at radius 3 is 2.44 bits per heavy atom. The minimum Gasteiger partial charge on any atom is -0.489 e. The van der Waals surface area contributed by atoms with E-state index in [2.05, 4.69) is 36.3 Å². The third-order valence-electron chi connectivity index (χ3n) is 5.67. The zero-order valence-electron chi connectivity index (χ0n) is 20.2. The normalized spacial score (nSPS) is 11.0. The first-order chi connectivity index (χ1) is 17.3. The quantitative estimate of drug-likeness (QED) is 0.192. The number of hydrogen-bond acceptors (Lipinski definition) is 3. The van der Waals surface area contributed by atoms with E-state index in [4.69, 9.17) is 4.74 Å². The Morgan fingerprint density at radius 1 is 1.03 bits per heavy atom. The first-order valence-corrected chi connectivity index (χ1v) is 12.1. The second-order valence-electron chi connectivity index (χ2n) is 8.36. The number of aryl methyl sites for hydroxylation is 2. The molecule has 184 valence electrons. The summed E-state index contributed by atoms with van der Waals surface area (Å²) >= 11 is 3.45. The van der Waals surface area contributed by atoms with Crippen LogP contribution in [0.15, 0.2) is 82.4 Å². The zero-order chi connectivity index (χ0) is 25.7. The Balaban J connectivity index is 1.38. The number of anilines is 1. The molecule has 2 N–H and O–H groups in total. The zero-order valence-corrected chi connectivity index (χ0v) is 21.8. The number of benzene rings is 3. The maximum Gasteiger partial charge on any atom is 0.339 e. The number of nitrogens with one attached hydrogen (secondary N) is 2. The molecule has 3 aromatic carbocycles. The number of hydrazone groups is 1. The number of rotatable bonds is 7. The summed E-state index contributed by atoms with van der Waals surface area (Å²) in [5.41, 5.74) is 9.01. The average Bonchev–Trinajstić information content (AvgIpc) is 3.14. The predicted octanol–water partition coefficient (Wildman–Crippen LogP) is 7.04. The van der Waals surface area contributed by atoms with Crippen LogP contribution in [0.4, 0.5) is 14.9 Å². The number of hydrogen-bond donors (Lipinski definition) is 2. The SMILES string of the molecule is Cc1cc(NC(=O)N/N=C/c2cc(C)n(-c3ccc(OCc4ccc(F)cc4)cc3)c2C)ccc1Br. The van der Waals surface area contributed by atoms with Gasteiger partial charge in [-0.15, -0.1) is 0 Å². The molecule has 4 rings (SSSR count). The molecule has 2 amide bonds. The summed E-state index contributed by atoms with van der Waals surface area (Å²) in [5.74, 6) is 0.461. The number of amides is 2. The van der Waals surface area contributed by atoms with Crippen LogP contribution in [-0.2, 0) is 6.61 Å². The van der Waals surface area contributed by atoms with Crippen LogP contribution >= 0.6 is 15.9 Å². The van der Waals surface area contributed by atoms with E-state index in [0.29, 0.717) is 12.3 Å². The van der Waals surface area contributed by atoms with E-state index in [1.165, 1.54) is 12.1 Å². The number of halogens is 2. The number of urea groups is 1. The molecular formula is C28H26BrFN4O2. The number of carbonyl (C=O) groups excluding carboxylic acids is 1. The van der Waals surface area contributed by atoms with E-state index in [-0.39, 0.29) is 5.82 Å². The van der Waals surface area contributed by atoms with Crippen molar-refractivity contribution in [1.29, 1.82) is 0 Å². The van der Waals surface area contributed by atoms with Gasteiger partial charge in [0.2, 0.25) is 0 Å². The van der Waals surface area contributed by atoms with Crippen LogP contribution in [0.2, 0.25) is 0 Å². The number of carbonyl (C=O) groups is 1. The van der Waals surface area contributed by atoms with E-state index >= 15 is 0 Å². The molecular weight excluding hydrogens is 523 g/mol. The fraction of sp³-hybridized carbons (Fsp3) is 0.143. The van der Waals surface area contributed by atoms with E-state index in [9.17, 15) is 9.18 Å². The van der Waals surface area contributed by atoms with Crippen LogP contribution in [0.1, 0.15) is 28.1 Å². The fourth-order valence-corrected chi connectivity index (χ4v) is 4.04. The highest BCUT2D eigenvalue weighted by Crippen LogP contribution is 2.23. The van der Waals surface area contributed by atoms with Crippen molar-refractivity contribution in [3.8, 4) is 11.4 Å². The lowest BCUT2D eigenvalue weighted by Crippen LogP contribution is -2.24. The Morgan fingerprint density at radius 2 is 1.75 bits per heavy atom. The lowest BCUT2D eigenvalue weighted by molar-refractivity contribution is 0.252. The average molecular weight is 549 g/mol. The maximum absolute atomic E-state index is 13.1. The van der Waals surface area contributed by atoms with Crippen LogP contribution in [0.3, 0.4) is 0 Å². The summed E-state index contributed by atoms with van der Waals surface area (Å²) in [6, 6.07) is 21.2. The van der Waals surface area contributed by atoms with Gasteiger partial charge in [-0.1, -0.05) is 28.1 Å². The third kappa shape index (κ3) is 6.20. The van der Waals surface area contributed by atoms with Crippen molar-refractivity contribution in [3.05, 3.63) is 111 Å². The molecule has 6 nitrogen and oxygen atoms in total. The van der Waals surface area contributed by atoms with Gasteiger partial charge in [0.15, 0.2) is 0 Å². The Hall–Kier alpha value is -3.91. The fourth-order valence-electron chi connectivity index (χ4n) is 3.80. The molecule has 8 heteroatoms. The summed E-state index contributed by atoms with van der Waals surface area (Å²) in [5, 5.41) is 6.87. The minimum absolute atomic E-state index is 0.264. The maximum atomic E-state index is 13.1. The minimum atomic E-state index is -0.419. The summed E-state index contributed by atoms with van der Waals surface area (Å²) in [6.45, 7) is 6.33. The molecule has 0 aliphatic rings. The lowest BCUT2D eigenvalue weighted by atomic mass is 10.2. The molecule has 0 aliphatic carbocycles. The van der Waals surface area contributed by atoms with Crippen molar-refractivity contribution in [3.63, 3.8) is 0 Å². The van der Waals surface area contributed by atoms with Crippen molar-refractivity contribution in [2.45, 2.75) is 27.4 Å². The van der Waals surface area contributed by atoms with E-state index < -0.39 is 6.03 Å². The second-order valence-corrected chi connectivity index (χ2v) is 9.21. The smallest absolute Gasteiger partial charge is 0.339 e. The highest BCUT2D eigenvalue weighted by Gasteiger charge is 2.10. The van der Waals surface area contributed by atoms with Crippen molar-refractivity contribution >= 4 is 33.9 Å². The van der Waals surface area contributed by atoms with Gasteiger partial charge in [-0.25, -0.2) is 14.6 Å². The standard InChI is InChI=1S/C28H26BrFN4O2/c1-18-14-24(8-13-27(18)29)32-28(35)33-31-16-22-15-19(2)34(20(22)3)25-9-11-26(12-10-25)36-17-21-4-6-23(30)7-5-21/h4-16H,17H2,1-3H3,(H2,32,33,35)/b31-16+. The van der Waals surface area contributed by atoms with Crippen molar-refractivity contribution < 1.29 is 13.9 Å². The van der Waals surface area contributed by atoms with Crippen molar-refractivity contribution in [2.75, 3.05) is 5.32 Å². The van der Waals surface area contributed by atoms with Gasteiger partial charge in [0.1, 0.15) is 18.2 Å². The van der Waals surface area contributed by atoms with E-state index in [1.807, 2.05) is 69.3 Å². The van der Waals surface area contributed by atoms with Crippen LogP contribution < -0.4 is 15.5 Å². The molecule has 36 heavy (non-hydrogen) atoms. The van der Waals surface area contributed by atoms with Gasteiger partial charge in [0.25, 0.3) is 0 Å². The van der Waals surface area contributed by atoms with E-state index in [0.717, 1.165) is 44.0 Å². The molecule has 0 spiro atoms. The highest BCUT2D eigenvalue weighted by molar-refractivity contribution is 9.10. The van der Waals surface area contributed by atoms with Crippen LogP contribution in [0.25, 0.3) is 5.69 Å². The third-order valence-corrected chi connectivity index (χ3v) is 6.56. The van der Waals surface area contributed by atoms with Gasteiger partial charge < -0.3 is 14.6 Å². The van der Waals surface area contributed by atoms with Crippen LogP contribution in [-0.4, -0.2) is 16.8 Å². The molecule has 0 radical (unpaired) electrons. The molecule has 1 aromatic heterocycles. The van der Waals surface area contributed by atoms with Crippen molar-refractivity contribution in [1.82, 2.24) is 9.99 Å². The number of ether oxygens (including phenoxy) is 1. The van der Waals surface area contributed by atoms with Gasteiger partial charge in [0, 0.05) is 32.8 Å². The number of nitrogens with zero attached hydrogens (tertiary/aromatic N) is 2. The van der Waals surface area contributed by atoms with Gasteiger partial charge >= 0.3 is 6.03 Å². The van der Waals surface area contributed by atoms with Gasteiger partial charge in [-0.2, -0.15) is 5.10 Å². The topological polar surface area (TPSA) is 67.7 Å². The first kappa shape index (κ1) is 25.2. The molecule has 0 saturated carbocycles. The first-order valence-electron chi connectivity index (χ1n) is 11.3. The monoisotopic (exact) mass is 548 g/mol. The molecule has 1 heterocycles. The summed E-state index contributed by atoms with van der Waals surface area (Å²) in [6.07, 6.45) is 1.63. The Kier molecular flexibility index (Phi) is 7.85. The van der Waals surface area contributed by atoms with Crippen LogP contribution in [0, 0.1) is 26.6 Å². The number of aromatic nitrogens is 1. The van der Waals surface area contributed by atoms with E-state index in [1.54, 1.807) is 18.3 Å². The molecule has 0 fully saturated rings. The summed E-state index contributed by atoms with van der Waals surface area (Å²) in [4.78, 5) is 12.2. The van der Waals surface area contributed by atoms with Gasteiger partial charge in [-0.05, 0) is 92.6 Å². The molecule has 0 aliphatic heterocycles. The Bertz CT molecular complexity index is 1400. The molecule has 0 unspecified atom stereocenters. The summed E-state index contributed by atoms with van der Waals surface area (Å²) in [7, 11) is 0. The summed E-state index contributed by atoms with van der Waals surface area (Å²) < 4.78 is 22.0. The van der Waals surface area contributed by atoms with Crippen molar-refractivity contribution in [2.24, 2.45) is 5.10 Å². The molecule has 0 atom stereocenters.